The second-order valence-corrected chi connectivity index (χ2v) is 6.58. The van der Waals surface area contributed by atoms with Crippen LogP contribution in [0.25, 0.3) is 0 Å². The van der Waals surface area contributed by atoms with Crippen LogP contribution in [0.2, 0.25) is 0 Å². The molecule has 1 aromatic heterocycles. The Labute approximate surface area is 115 Å². The maximum Gasteiger partial charge on any atom is 0.240 e. The van der Waals surface area contributed by atoms with Gasteiger partial charge in [-0.2, -0.15) is 4.98 Å². The molecule has 0 spiro atoms. The quantitative estimate of drug-likeness (QED) is 0.902. The third-order valence-electron chi connectivity index (χ3n) is 3.68. The van der Waals surface area contributed by atoms with Gasteiger partial charge in [-0.05, 0) is 38.3 Å². The molecule has 0 saturated carbocycles. The largest absolute Gasteiger partial charge is 0.338 e. The smallest absolute Gasteiger partial charge is 0.240 e. The van der Waals surface area contributed by atoms with E-state index in [1.165, 1.54) is 12.8 Å². The number of rotatable bonds is 4. The van der Waals surface area contributed by atoms with Crippen LogP contribution in [0, 0.1) is 5.92 Å². The van der Waals surface area contributed by atoms with E-state index in [-0.39, 0.29) is 5.41 Å². The van der Waals surface area contributed by atoms with Gasteiger partial charge in [0.25, 0.3) is 0 Å². The lowest BCUT2D eigenvalue weighted by molar-refractivity contribution is 0.146. The van der Waals surface area contributed by atoms with Crippen molar-refractivity contribution in [3.63, 3.8) is 0 Å². The first-order valence-electron chi connectivity index (χ1n) is 7.24. The molecule has 0 radical (unpaired) electrons. The molecule has 1 atom stereocenters. The first-order valence-corrected chi connectivity index (χ1v) is 7.24. The van der Waals surface area contributed by atoms with Crippen molar-refractivity contribution in [3.8, 4) is 0 Å². The first-order chi connectivity index (χ1) is 8.99. The lowest BCUT2D eigenvalue weighted by Gasteiger charge is -2.31. The molecule has 1 fully saturated rings. The van der Waals surface area contributed by atoms with E-state index < -0.39 is 0 Å². The third kappa shape index (κ3) is 4.01. The van der Waals surface area contributed by atoms with Gasteiger partial charge >= 0.3 is 0 Å². The lowest BCUT2D eigenvalue weighted by Crippen LogP contribution is -2.35. The molecule has 108 valence electrons. The van der Waals surface area contributed by atoms with Crippen LogP contribution in [0.5, 0.6) is 0 Å². The van der Waals surface area contributed by atoms with Crippen LogP contribution in [-0.2, 0) is 12.0 Å². The molecular formula is C14H26N4O. The molecule has 1 aliphatic heterocycles. The zero-order chi connectivity index (χ0) is 13.9. The Bertz CT molecular complexity index is 394. The number of piperidine rings is 1. The highest BCUT2D eigenvalue weighted by molar-refractivity contribution is 5.00. The van der Waals surface area contributed by atoms with Gasteiger partial charge in [-0.15, -0.1) is 0 Å². The molecule has 0 aromatic carbocycles. The normalized spacial score (nSPS) is 21.8. The summed E-state index contributed by atoms with van der Waals surface area (Å²) < 4.78 is 5.36. The van der Waals surface area contributed by atoms with Crippen LogP contribution in [0.1, 0.15) is 51.7 Å². The number of nitrogens with zero attached hydrogens (tertiary/aromatic N) is 3. The molecule has 0 amide bonds. The fraction of sp³-hybridized carbons (Fsp3) is 0.857. The molecule has 19 heavy (non-hydrogen) atoms. The standard InChI is InChI=1S/C14H26N4O/c1-14(2,3)13-16-12(19-17-13)10-18-8-4-5-11(9-18)6-7-15/h11H,4-10,15H2,1-3H3. The second-order valence-electron chi connectivity index (χ2n) is 6.58. The van der Waals surface area contributed by atoms with E-state index in [0.717, 1.165) is 50.2 Å². The van der Waals surface area contributed by atoms with Gasteiger partial charge in [0.05, 0.1) is 6.54 Å². The van der Waals surface area contributed by atoms with Crippen LogP contribution < -0.4 is 5.73 Å². The van der Waals surface area contributed by atoms with Crippen LogP contribution in [0.4, 0.5) is 0 Å². The minimum atomic E-state index is -0.0499. The van der Waals surface area contributed by atoms with E-state index >= 15 is 0 Å². The molecule has 2 rings (SSSR count). The highest BCUT2D eigenvalue weighted by Crippen LogP contribution is 2.22. The van der Waals surface area contributed by atoms with E-state index in [2.05, 4.69) is 35.8 Å². The van der Waals surface area contributed by atoms with Gasteiger partial charge in [-0.3, -0.25) is 4.90 Å². The maximum atomic E-state index is 5.65. The summed E-state index contributed by atoms with van der Waals surface area (Å²) >= 11 is 0. The van der Waals surface area contributed by atoms with Crippen LogP contribution >= 0.6 is 0 Å². The molecule has 0 bridgehead atoms. The third-order valence-corrected chi connectivity index (χ3v) is 3.68. The molecular weight excluding hydrogens is 240 g/mol. The Morgan fingerprint density at radius 1 is 1.42 bits per heavy atom. The summed E-state index contributed by atoms with van der Waals surface area (Å²) in [7, 11) is 0. The summed E-state index contributed by atoms with van der Waals surface area (Å²) in [5, 5.41) is 4.08. The van der Waals surface area contributed by atoms with Crippen molar-refractivity contribution in [2.45, 2.75) is 52.0 Å². The van der Waals surface area contributed by atoms with Gasteiger partial charge in [0.2, 0.25) is 5.89 Å². The fourth-order valence-corrected chi connectivity index (χ4v) is 2.58. The van der Waals surface area contributed by atoms with Crippen molar-refractivity contribution >= 4 is 0 Å². The molecule has 0 aliphatic carbocycles. The van der Waals surface area contributed by atoms with Gasteiger partial charge in [0, 0.05) is 12.0 Å². The topological polar surface area (TPSA) is 68.2 Å². The van der Waals surface area contributed by atoms with Crippen molar-refractivity contribution in [1.82, 2.24) is 15.0 Å². The maximum absolute atomic E-state index is 5.65. The molecule has 1 unspecified atom stereocenters. The number of nitrogens with two attached hydrogens (primary N) is 1. The molecule has 2 N–H and O–H groups in total. The predicted octanol–water partition coefficient (Wildman–Crippen LogP) is 1.93. The molecule has 2 heterocycles. The van der Waals surface area contributed by atoms with E-state index in [0.29, 0.717) is 0 Å². The molecule has 5 heteroatoms. The Morgan fingerprint density at radius 2 is 2.21 bits per heavy atom. The lowest BCUT2D eigenvalue weighted by atomic mass is 9.95. The van der Waals surface area contributed by atoms with Crippen molar-refractivity contribution in [1.29, 1.82) is 0 Å². The molecule has 1 aliphatic rings. The Morgan fingerprint density at radius 3 is 2.84 bits per heavy atom. The van der Waals surface area contributed by atoms with Crippen molar-refractivity contribution < 1.29 is 4.52 Å². The highest BCUT2D eigenvalue weighted by Gasteiger charge is 2.24. The predicted molar refractivity (Wildman–Crippen MR) is 74.7 cm³/mol. The second kappa shape index (κ2) is 6.01. The van der Waals surface area contributed by atoms with Crippen LogP contribution in [0.15, 0.2) is 4.52 Å². The molecule has 1 saturated heterocycles. The first kappa shape index (κ1) is 14.5. The van der Waals surface area contributed by atoms with Gasteiger partial charge in [0.15, 0.2) is 5.82 Å². The highest BCUT2D eigenvalue weighted by atomic mass is 16.5. The van der Waals surface area contributed by atoms with E-state index in [4.69, 9.17) is 10.3 Å². The minimum absolute atomic E-state index is 0.0499. The van der Waals surface area contributed by atoms with E-state index in [1.54, 1.807) is 0 Å². The molecule has 5 nitrogen and oxygen atoms in total. The SMILES string of the molecule is CC(C)(C)c1noc(CN2CCCC(CCN)C2)n1. The number of likely N-dealkylation sites (tertiary alicyclic amines) is 1. The van der Waals surface area contributed by atoms with Gasteiger partial charge in [0.1, 0.15) is 0 Å². The van der Waals surface area contributed by atoms with Gasteiger partial charge < -0.3 is 10.3 Å². The summed E-state index contributed by atoms with van der Waals surface area (Å²) in [6, 6.07) is 0. The van der Waals surface area contributed by atoms with E-state index in [9.17, 15) is 0 Å². The van der Waals surface area contributed by atoms with Gasteiger partial charge in [-0.25, -0.2) is 0 Å². The molecule has 1 aromatic rings. The zero-order valence-corrected chi connectivity index (χ0v) is 12.4. The zero-order valence-electron chi connectivity index (χ0n) is 12.4. The Balaban J connectivity index is 1.92. The summed E-state index contributed by atoms with van der Waals surface area (Å²) in [6.45, 7) is 10.1. The summed E-state index contributed by atoms with van der Waals surface area (Å²) in [4.78, 5) is 6.91. The van der Waals surface area contributed by atoms with Crippen molar-refractivity contribution in [3.05, 3.63) is 11.7 Å². The summed E-state index contributed by atoms with van der Waals surface area (Å²) in [6.07, 6.45) is 3.66. The Kier molecular flexibility index (Phi) is 4.58. The van der Waals surface area contributed by atoms with Crippen molar-refractivity contribution in [2.24, 2.45) is 11.7 Å². The summed E-state index contributed by atoms with van der Waals surface area (Å²) in [5.74, 6) is 2.25. The fourth-order valence-electron chi connectivity index (χ4n) is 2.58. The minimum Gasteiger partial charge on any atom is -0.338 e. The van der Waals surface area contributed by atoms with Crippen LogP contribution in [0.3, 0.4) is 0 Å². The average Bonchev–Trinajstić information content (AvgIpc) is 2.78. The van der Waals surface area contributed by atoms with E-state index in [1.807, 2.05) is 0 Å². The Hall–Kier alpha value is -0.940. The number of hydrogen-bond donors (Lipinski definition) is 1. The van der Waals surface area contributed by atoms with Gasteiger partial charge in [-0.1, -0.05) is 25.9 Å². The number of aromatic nitrogens is 2. The summed E-state index contributed by atoms with van der Waals surface area (Å²) in [5.41, 5.74) is 5.60. The number of hydrogen-bond acceptors (Lipinski definition) is 5. The monoisotopic (exact) mass is 266 g/mol. The van der Waals surface area contributed by atoms with Crippen molar-refractivity contribution in [2.75, 3.05) is 19.6 Å². The van der Waals surface area contributed by atoms with Crippen LogP contribution in [-0.4, -0.2) is 34.7 Å². The average molecular weight is 266 g/mol.